The molecule has 2 N–H and O–H groups in total. The molecule has 4 rings (SSSR count). The Morgan fingerprint density at radius 2 is 1.86 bits per heavy atom. The number of rotatable bonds is 6. The van der Waals surface area contributed by atoms with Crippen LogP contribution in [-0.2, 0) is 16.0 Å². The number of carbonyl (C=O) groups excluding carboxylic acids is 2. The van der Waals surface area contributed by atoms with Crippen LogP contribution in [0.15, 0.2) is 42.5 Å². The van der Waals surface area contributed by atoms with E-state index in [2.05, 4.69) is 10.6 Å². The van der Waals surface area contributed by atoms with Gasteiger partial charge in [-0.05, 0) is 55.2 Å². The summed E-state index contributed by atoms with van der Waals surface area (Å²) in [5, 5.41) is 5.74. The number of nitrogens with one attached hydrogen (secondary N) is 2. The van der Waals surface area contributed by atoms with Crippen molar-refractivity contribution in [3.05, 3.63) is 53.6 Å². The Labute approximate surface area is 169 Å². The molecule has 0 spiro atoms. The molecule has 0 aliphatic carbocycles. The summed E-state index contributed by atoms with van der Waals surface area (Å²) >= 11 is 0. The van der Waals surface area contributed by atoms with Crippen molar-refractivity contribution in [1.82, 2.24) is 5.32 Å². The van der Waals surface area contributed by atoms with Crippen molar-refractivity contribution in [2.24, 2.45) is 0 Å². The maximum Gasteiger partial charge on any atom is 0.253 e. The van der Waals surface area contributed by atoms with Gasteiger partial charge in [0.15, 0.2) is 11.5 Å². The zero-order valence-corrected chi connectivity index (χ0v) is 16.1. The fourth-order valence-electron chi connectivity index (χ4n) is 3.41. The number of anilines is 1. The molecule has 1 fully saturated rings. The van der Waals surface area contributed by atoms with Crippen LogP contribution >= 0.6 is 0 Å². The van der Waals surface area contributed by atoms with Crippen LogP contribution in [0.1, 0.15) is 28.8 Å². The molecule has 2 aromatic carbocycles. The molecular formula is C22H24N2O5. The lowest BCUT2D eigenvalue weighted by Crippen LogP contribution is -2.28. The highest BCUT2D eigenvalue weighted by molar-refractivity contribution is 5.98. The summed E-state index contributed by atoms with van der Waals surface area (Å²) in [6.45, 7) is 2.22. The van der Waals surface area contributed by atoms with Gasteiger partial charge in [0.05, 0.1) is 0 Å². The first-order chi connectivity index (χ1) is 14.2. The summed E-state index contributed by atoms with van der Waals surface area (Å²) in [7, 11) is 0. The summed E-state index contributed by atoms with van der Waals surface area (Å²) < 4.78 is 16.5. The zero-order valence-electron chi connectivity index (χ0n) is 16.1. The fraction of sp³-hybridized carbons (Fsp3) is 0.364. The predicted molar refractivity (Wildman–Crippen MR) is 108 cm³/mol. The molecule has 0 aromatic heterocycles. The van der Waals surface area contributed by atoms with Crippen LogP contribution in [0, 0.1) is 0 Å². The summed E-state index contributed by atoms with van der Waals surface area (Å²) in [5.74, 6) is 1.15. The Bertz CT molecular complexity index is 893. The van der Waals surface area contributed by atoms with Gasteiger partial charge in [0, 0.05) is 24.4 Å². The lowest BCUT2D eigenvalue weighted by molar-refractivity contribution is -0.124. The van der Waals surface area contributed by atoms with Gasteiger partial charge >= 0.3 is 0 Å². The Morgan fingerprint density at radius 1 is 1.00 bits per heavy atom. The molecule has 1 atom stereocenters. The smallest absolute Gasteiger partial charge is 0.253 e. The first-order valence-corrected chi connectivity index (χ1v) is 9.88. The normalized spacial score (nSPS) is 17.6. The van der Waals surface area contributed by atoms with Crippen molar-refractivity contribution in [3.63, 3.8) is 0 Å². The third-order valence-electron chi connectivity index (χ3n) is 4.92. The van der Waals surface area contributed by atoms with Crippen molar-refractivity contribution < 1.29 is 23.8 Å². The standard InChI is InChI=1S/C22H24N2O5/c25-21(23-9-8-15-6-7-18-20(13-15)29-12-11-28-18)16-3-1-4-17(14-16)24-22(26)19-5-2-10-27-19/h1,3-4,6-7,13-14,19H,2,5,8-12H2,(H,23,25)(H,24,26)/t19-/m0/s1. The number of carbonyl (C=O) groups is 2. The molecule has 29 heavy (non-hydrogen) atoms. The van der Waals surface area contributed by atoms with Crippen molar-refractivity contribution in [2.45, 2.75) is 25.4 Å². The molecule has 0 saturated carbocycles. The van der Waals surface area contributed by atoms with Gasteiger partial charge in [0.2, 0.25) is 0 Å². The average molecular weight is 396 g/mol. The van der Waals surface area contributed by atoms with Crippen molar-refractivity contribution in [1.29, 1.82) is 0 Å². The summed E-state index contributed by atoms with van der Waals surface area (Å²) in [5.41, 5.74) is 2.15. The highest BCUT2D eigenvalue weighted by Crippen LogP contribution is 2.30. The molecule has 2 amide bonds. The maximum absolute atomic E-state index is 12.5. The van der Waals surface area contributed by atoms with E-state index in [4.69, 9.17) is 14.2 Å². The zero-order chi connectivity index (χ0) is 20.1. The van der Waals surface area contributed by atoms with E-state index in [9.17, 15) is 9.59 Å². The van der Waals surface area contributed by atoms with Gasteiger partial charge < -0.3 is 24.8 Å². The summed E-state index contributed by atoms with van der Waals surface area (Å²) in [4.78, 5) is 24.6. The van der Waals surface area contributed by atoms with Gasteiger partial charge in [-0.3, -0.25) is 9.59 Å². The highest BCUT2D eigenvalue weighted by Gasteiger charge is 2.23. The maximum atomic E-state index is 12.5. The van der Waals surface area contributed by atoms with Gasteiger partial charge in [-0.1, -0.05) is 12.1 Å². The second-order valence-electron chi connectivity index (χ2n) is 7.06. The van der Waals surface area contributed by atoms with Crippen molar-refractivity contribution in [3.8, 4) is 11.5 Å². The van der Waals surface area contributed by atoms with Gasteiger partial charge in [-0.2, -0.15) is 0 Å². The van der Waals surface area contributed by atoms with Crippen LogP contribution in [0.3, 0.4) is 0 Å². The highest BCUT2D eigenvalue weighted by atomic mass is 16.6. The molecule has 1 saturated heterocycles. The topological polar surface area (TPSA) is 85.9 Å². The van der Waals surface area contributed by atoms with E-state index in [1.165, 1.54) is 0 Å². The minimum Gasteiger partial charge on any atom is -0.486 e. The van der Waals surface area contributed by atoms with E-state index in [0.717, 1.165) is 29.9 Å². The fourth-order valence-corrected chi connectivity index (χ4v) is 3.41. The quantitative estimate of drug-likeness (QED) is 0.784. The molecule has 2 aliphatic heterocycles. The third kappa shape index (κ3) is 4.86. The summed E-state index contributed by atoms with van der Waals surface area (Å²) in [6, 6.07) is 12.7. The van der Waals surface area contributed by atoms with Crippen molar-refractivity contribution in [2.75, 3.05) is 31.7 Å². The van der Waals surface area contributed by atoms with Gasteiger partial charge in [0.1, 0.15) is 19.3 Å². The predicted octanol–water partition coefficient (Wildman–Crippen LogP) is 2.55. The number of amides is 2. The molecule has 2 aliphatic rings. The molecule has 0 bridgehead atoms. The number of fused-ring (bicyclic) bond motifs is 1. The minimum absolute atomic E-state index is 0.168. The van der Waals surface area contributed by atoms with E-state index < -0.39 is 6.10 Å². The molecular weight excluding hydrogens is 372 g/mol. The minimum atomic E-state index is -0.404. The summed E-state index contributed by atoms with van der Waals surface area (Å²) in [6.07, 6.45) is 1.90. The Kier molecular flexibility index (Phi) is 5.95. The lowest BCUT2D eigenvalue weighted by atomic mass is 10.1. The Balaban J connectivity index is 1.30. The van der Waals surface area contributed by atoms with Crippen molar-refractivity contribution >= 4 is 17.5 Å². The number of hydrogen-bond acceptors (Lipinski definition) is 5. The molecule has 0 unspecified atom stereocenters. The molecule has 152 valence electrons. The van der Waals surface area contributed by atoms with E-state index in [1.54, 1.807) is 24.3 Å². The molecule has 7 heteroatoms. The second kappa shape index (κ2) is 8.96. The Morgan fingerprint density at radius 3 is 2.69 bits per heavy atom. The van der Waals surface area contributed by atoms with Crippen LogP contribution in [0.2, 0.25) is 0 Å². The average Bonchev–Trinajstić information content (AvgIpc) is 3.29. The molecule has 7 nitrogen and oxygen atoms in total. The van der Waals surface area contributed by atoms with Crippen LogP contribution in [0.4, 0.5) is 5.69 Å². The van der Waals surface area contributed by atoms with Gasteiger partial charge in [-0.25, -0.2) is 0 Å². The largest absolute Gasteiger partial charge is 0.486 e. The van der Waals surface area contributed by atoms with Crippen LogP contribution in [-0.4, -0.2) is 44.3 Å². The van der Waals surface area contributed by atoms with Crippen LogP contribution in [0.25, 0.3) is 0 Å². The number of benzene rings is 2. The van der Waals surface area contributed by atoms with Gasteiger partial charge in [0.25, 0.3) is 11.8 Å². The Hall–Kier alpha value is -3.06. The SMILES string of the molecule is O=C(NCCc1ccc2c(c1)OCCO2)c1cccc(NC(=O)[C@@H]2CCCO2)c1. The first-order valence-electron chi connectivity index (χ1n) is 9.88. The molecule has 2 heterocycles. The van der Waals surface area contributed by atoms with E-state index in [0.29, 0.717) is 44.0 Å². The number of ether oxygens (including phenoxy) is 3. The second-order valence-corrected chi connectivity index (χ2v) is 7.06. The molecule has 2 aromatic rings. The monoisotopic (exact) mass is 396 g/mol. The third-order valence-corrected chi connectivity index (χ3v) is 4.92. The van der Waals surface area contributed by atoms with E-state index in [1.807, 2.05) is 18.2 Å². The van der Waals surface area contributed by atoms with E-state index in [-0.39, 0.29) is 11.8 Å². The molecule has 0 radical (unpaired) electrons. The first kappa shape index (κ1) is 19.3. The van der Waals surface area contributed by atoms with Gasteiger partial charge in [-0.15, -0.1) is 0 Å². The number of hydrogen-bond donors (Lipinski definition) is 2. The van der Waals surface area contributed by atoms with E-state index >= 15 is 0 Å². The lowest BCUT2D eigenvalue weighted by Gasteiger charge is -2.18. The van der Waals surface area contributed by atoms with Crippen LogP contribution < -0.4 is 20.1 Å². The van der Waals surface area contributed by atoms with Crippen LogP contribution in [0.5, 0.6) is 11.5 Å².